The number of carboxylic acids is 1. The molecule has 178 valence electrons. The van der Waals surface area contributed by atoms with Crippen LogP contribution in [0.5, 0.6) is 0 Å². The zero-order valence-electron chi connectivity index (χ0n) is 19.3. The molecule has 0 unspecified atom stereocenters. The highest BCUT2D eigenvalue weighted by atomic mass is 19.1. The van der Waals surface area contributed by atoms with Crippen LogP contribution in [-0.4, -0.2) is 51.2 Å². The van der Waals surface area contributed by atoms with E-state index in [4.69, 9.17) is 4.98 Å². The molecule has 2 aliphatic rings. The summed E-state index contributed by atoms with van der Waals surface area (Å²) in [5.41, 5.74) is 2.78. The standard InChI is InChI=1S/C27H31FN4O2/c28-27(12-4-3-8-22-11-10-19-7-5-13-29-26(19)31-22)17-32(18-27)24(15-25(33)34)21-14-20-6-1-2-9-23(20)30-16-21/h1-2,6,9-11,14,16,24H,3-5,7-8,12-13,15,17-18H2,(H,29,31)(H,33,34)/t24-/m0/s1. The third-order valence-corrected chi connectivity index (χ3v) is 7.04. The Morgan fingerprint density at radius 2 is 2.06 bits per heavy atom. The van der Waals surface area contributed by atoms with E-state index in [1.807, 2.05) is 35.2 Å². The Bertz CT molecular complexity index is 1180. The second-order valence-electron chi connectivity index (χ2n) is 9.68. The zero-order valence-corrected chi connectivity index (χ0v) is 19.3. The maximum absolute atomic E-state index is 15.3. The lowest BCUT2D eigenvalue weighted by atomic mass is 9.86. The Kier molecular flexibility index (Phi) is 6.46. The molecule has 1 atom stereocenters. The zero-order chi connectivity index (χ0) is 23.5. The number of hydrogen-bond acceptors (Lipinski definition) is 5. The van der Waals surface area contributed by atoms with Gasteiger partial charge in [0.25, 0.3) is 0 Å². The van der Waals surface area contributed by atoms with Gasteiger partial charge in [0.05, 0.1) is 11.9 Å². The molecule has 1 fully saturated rings. The summed E-state index contributed by atoms with van der Waals surface area (Å²) < 4.78 is 15.3. The molecule has 3 aromatic rings. The van der Waals surface area contributed by atoms with Crippen LogP contribution < -0.4 is 5.32 Å². The van der Waals surface area contributed by atoms with E-state index in [1.54, 1.807) is 6.20 Å². The number of pyridine rings is 2. The number of aryl methyl sites for hydroxylation is 2. The fourth-order valence-electron chi connectivity index (χ4n) is 5.21. The number of nitrogens with zero attached hydrogens (tertiary/aromatic N) is 3. The SMILES string of the molecule is O=C(O)C[C@@H](c1cnc2ccccc2c1)N1CC(F)(CCCCc2ccc3c(n2)NCCC3)C1. The molecule has 0 aliphatic carbocycles. The molecule has 0 amide bonds. The number of carboxylic acid groups (broad SMARTS) is 1. The van der Waals surface area contributed by atoms with Crippen molar-refractivity contribution >= 4 is 22.7 Å². The largest absolute Gasteiger partial charge is 0.481 e. The first kappa shape index (κ1) is 22.7. The molecule has 2 N–H and O–H groups in total. The van der Waals surface area contributed by atoms with Crippen LogP contribution in [0.25, 0.3) is 10.9 Å². The number of rotatable bonds is 9. The molecular weight excluding hydrogens is 431 g/mol. The number of anilines is 1. The van der Waals surface area contributed by atoms with Crippen molar-refractivity contribution in [2.75, 3.05) is 25.0 Å². The first-order chi connectivity index (χ1) is 16.5. The summed E-state index contributed by atoms with van der Waals surface area (Å²) in [5, 5.41) is 13.8. The summed E-state index contributed by atoms with van der Waals surface area (Å²) in [6.45, 7) is 1.50. The van der Waals surface area contributed by atoms with E-state index in [2.05, 4.69) is 22.4 Å². The number of aromatic nitrogens is 2. The molecule has 5 rings (SSSR count). The molecule has 2 aromatic heterocycles. The van der Waals surface area contributed by atoms with Crippen LogP contribution in [-0.2, 0) is 17.6 Å². The minimum Gasteiger partial charge on any atom is -0.481 e. The van der Waals surface area contributed by atoms with Gasteiger partial charge in [-0.2, -0.15) is 0 Å². The van der Waals surface area contributed by atoms with Gasteiger partial charge in [0, 0.05) is 43.0 Å². The van der Waals surface area contributed by atoms with Crippen LogP contribution in [0.1, 0.15) is 55.0 Å². The van der Waals surface area contributed by atoms with E-state index in [0.29, 0.717) is 6.42 Å². The normalized spacial score (nSPS) is 18.0. The molecule has 0 radical (unpaired) electrons. The highest BCUT2D eigenvalue weighted by molar-refractivity contribution is 5.79. The maximum atomic E-state index is 15.3. The predicted molar refractivity (Wildman–Crippen MR) is 131 cm³/mol. The van der Waals surface area contributed by atoms with E-state index in [0.717, 1.165) is 66.6 Å². The number of para-hydroxylation sites is 1. The highest BCUT2D eigenvalue weighted by Crippen LogP contribution is 2.39. The number of unbranched alkanes of at least 4 members (excludes halogenated alkanes) is 1. The average molecular weight is 463 g/mol. The van der Waals surface area contributed by atoms with E-state index >= 15 is 4.39 Å². The van der Waals surface area contributed by atoms with Gasteiger partial charge in [-0.05, 0) is 67.9 Å². The van der Waals surface area contributed by atoms with Crippen molar-refractivity contribution in [2.24, 2.45) is 0 Å². The summed E-state index contributed by atoms with van der Waals surface area (Å²) in [4.78, 5) is 22.7. The third kappa shape index (κ3) is 5.04. The van der Waals surface area contributed by atoms with Crippen LogP contribution in [0.2, 0.25) is 0 Å². The molecule has 2 aliphatic heterocycles. The van der Waals surface area contributed by atoms with E-state index in [1.165, 1.54) is 5.56 Å². The first-order valence-corrected chi connectivity index (χ1v) is 12.2. The Labute approximate surface area is 199 Å². The van der Waals surface area contributed by atoms with Gasteiger partial charge in [-0.25, -0.2) is 9.37 Å². The van der Waals surface area contributed by atoms with Crippen molar-refractivity contribution in [3.05, 3.63) is 65.5 Å². The third-order valence-electron chi connectivity index (χ3n) is 7.04. The molecule has 0 bridgehead atoms. The van der Waals surface area contributed by atoms with Crippen molar-refractivity contribution in [1.82, 2.24) is 14.9 Å². The fraction of sp³-hybridized carbons (Fsp3) is 0.444. The van der Waals surface area contributed by atoms with Crippen LogP contribution in [0, 0.1) is 0 Å². The van der Waals surface area contributed by atoms with Gasteiger partial charge in [-0.15, -0.1) is 0 Å². The summed E-state index contributed by atoms with van der Waals surface area (Å²) >= 11 is 0. The minimum absolute atomic E-state index is 0.0614. The van der Waals surface area contributed by atoms with Gasteiger partial charge < -0.3 is 10.4 Å². The molecule has 0 spiro atoms. The second-order valence-corrected chi connectivity index (χ2v) is 9.68. The lowest BCUT2D eigenvalue weighted by Gasteiger charge is -2.48. The molecule has 1 saturated heterocycles. The number of benzene rings is 1. The van der Waals surface area contributed by atoms with Gasteiger partial charge in [-0.3, -0.25) is 14.7 Å². The van der Waals surface area contributed by atoms with Crippen molar-refractivity contribution in [1.29, 1.82) is 0 Å². The minimum atomic E-state index is -1.26. The monoisotopic (exact) mass is 462 g/mol. The van der Waals surface area contributed by atoms with Crippen molar-refractivity contribution in [2.45, 2.75) is 56.7 Å². The van der Waals surface area contributed by atoms with Crippen LogP contribution in [0.3, 0.4) is 0 Å². The molecular formula is C27H31FN4O2. The number of aliphatic carboxylic acids is 1. The molecule has 0 saturated carbocycles. The van der Waals surface area contributed by atoms with E-state index in [-0.39, 0.29) is 25.6 Å². The first-order valence-electron chi connectivity index (χ1n) is 12.2. The number of fused-ring (bicyclic) bond motifs is 2. The lowest BCUT2D eigenvalue weighted by Crippen LogP contribution is -2.60. The van der Waals surface area contributed by atoms with Gasteiger partial charge >= 0.3 is 5.97 Å². The van der Waals surface area contributed by atoms with Crippen LogP contribution in [0.15, 0.2) is 48.7 Å². The predicted octanol–water partition coefficient (Wildman–Crippen LogP) is 4.94. The number of likely N-dealkylation sites (tertiary alicyclic amines) is 1. The van der Waals surface area contributed by atoms with Crippen molar-refractivity contribution in [3.8, 4) is 0 Å². The quantitative estimate of drug-likeness (QED) is 0.439. The van der Waals surface area contributed by atoms with Crippen LogP contribution in [0.4, 0.5) is 10.2 Å². The lowest BCUT2D eigenvalue weighted by molar-refractivity contribution is -0.141. The van der Waals surface area contributed by atoms with E-state index in [9.17, 15) is 9.90 Å². The van der Waals surface area contributed by atoms with Crippen molar-refractivity contribution < 1.29 is 14.3 Å². The van der Waals surface area contributed by atoms with Gasteiger partial charge in [0.2, 0.25) is 0 Å². The second kappa shape index (κ2) is 9.66. The van der Waals surface area contributed by atoms with Gasteiger partial charge in [0.1, 0.15) is 11.5 Å². The summed E-state index contributed by atoms with van der Waals surface area (Å²) in [5.74, 6) is 0.120. The summed E-state index contributed by atoms with van der Waals surface area (Å²) in [6.07, 6.45) is 6.91. The maximum Gasteiger partial charge on any atom is 0.305 e. The smallest absolute Gasteiger partial charge is 0.305 e. The number of hydrogen-bond donors (Lipinski definition) is 2. The Hall–Kier alpha value is -3.06. The highest BCUT2D eigenvalue weighted by Gasteiger charge is 2.46. The van der Waals surface area contributed by atoms with Crippen LogP contribution >= 0.6 is 0 Å². The average Bonchev–Trinajstić information content (AvgIpc) is 2.83. The summed E-state index contributed by atoms with van der Waals surface area (Å²) in [7, 11) is 0. The number of nitrogens with one attached hydrogen (secondary N) is 1. The Morgan fingerprint density at radius 3 is 2.91 bits per heavy atom. The molecule has 1 aromatic carbocycles. The number of alkyl halides is 1. The summed E-state index contributed by atoms with van der Waals surface area (Å²) in [6, 6.07) is 13.6. The van der Waals surface area contributed by atoms with Crippen molar-refractivity contribution in [3.63, 3.8) is 0 Å². The molecule has 7 heteroatoms. The van der Waals surface area contributed by atoms with Gasteiger partial charge in [-0.1, -0.05) is 24.3 Å². The Balaban J connectivity index is 1.15. The number of halogens is 1. The topological polar surface area (TPSA) is 78.3 Å². The van der Waals surface area contributed by atoms with Gasteiger partial charge in [0.15, 0.2) is 0 Å². The number of carbonyl (C=O) groups is 1. The molecule has 34 heavy (non-hydrogen) atoms. The Morgan fingerprint density at radius 1 is 1.21 bits per heavy atom. The fourth-order valence-corrected chi connectivity index (χ4v) is 5.21. The molecule has 4 heterocycles. The van der Waals surface area contributed by atoms with E-state index < -0.39 is 11.6 Å². The molecule has 6 nitrogen and oxygen atoms in total.